The summed E-state index contributed by atoms with van der Waals surface area (Å²) in [6, 6.07) is 6.56. The molecule has 0 N–H and O–H groups in total. The van der Waals surface area contributed by atoms with Crippen molar-refractivity contribution in [3.8, 4) is 0 Å². The van der Waals surface area contributed by atoms with Crippen LogP contribution in [0.5, 0.6) is 0 Å². The predicted octanol–water partition coefficient (Wildman–Crippen LogP) is 4.38. The Bertz CT molecular complexity index is 369. The van der Waals surface area contributed by atoms with Crippen LogP contribution in [0.15, 0.2) is 18.2 Å². The summed E-state index contributed by atoms with van der Waals surface area (Å²) >= 11 is 3.57. The number of alkyl halides is 1. The molecule has 0 atom stereocenters. The molecule has 0 aromatic heterocycles. The van der Waals surface area contributed by atoms with Gasteiger partial charge in [-0.25, -0.2) is 0 Å². The highest BCUT2D eigenvalue weighted by Crippen LogP contribution is 2.29. The lowest BCUT2D eigenvalue weighted by Gasteiger charge is -2.25. The molecule has 0 bridgehead atoms. The highest BCUT2D eigenvalue weighted by Gasteiger charge is 2.19. The Morgan fingerprint density at radius 1 is 1.24 bits per heavy atom. The van der Waals surface area contributed by atoms with E-state index in [-0.39, 0.29) is 5.41 Å². The van der Waals surface area contributed by atoms with E-state index in [4.69, 9.17) is 4.43 Å². The molecular formula is C14H23BrOSi. The molecule has 3 heteroatoms. The molecule has 0 fully saturated rings. The molecule has 1 rings (SSSR count). The van der Waals surface area contributed by atoms with Crippen molar-refractivity contribution >= 4 is 25.0 Å². The van der Waals surface area contributed by atoms with Crippen molar-refractivity contribution in [2.75, 3.05) is 0 Å². The van der Waals surface area contributed by atoms with E-state index in [9.17, 15) is 0 Å². The predicted molar refractivity (Wildman–Crippen MR) is 81.4 cm³/mol. The van der Waals surface area contributed by atoms with Crippen molar-refractivity contribution in [3.05, 3.63) is 34.9 Å². The van der Waals surface area contributed by atoms with Crippen LogP contribution in [0.2, 0.25) is 13.1 Å². The maximum Gasteiger partial charge on any atom is 0.171 e. The minimum absolute atomic E-state index is 0.176. The van der Waals surface area contributed by atoms with Crippen LogP contribution in [0.3, 0.4) is 0 Å². The van der Waals surface area contributed by atoms with E-state index < -0.39 is 9.04 Å². The van der Waals surface area contributed by atoms with Gasteiger partial charge in [0.05, 0.1) is 6.61 Å². The lowest BCUT2D eigenvalue weighted by molar-refractivity contribution is 0.310. The van der Waals surface area contributed by atoms with Crippen LogP contribution in [0.1, 0.15) is 37.5 Å². The summed E-state index contributed by atoms with van der Waals surface area (Å²) in [5, 5.41) is 0.898. The Hall–Kier alpha value is -0.123. The van der Waals surface area contributed by atoms with E-state index >= 15 is 0 Å². The lowest BCUT2D eigenvalue weighted by atomic mass is 9.82. The number of hydrogen-bond acceptors (Lipinski definition) is 1. The molecule has 17 heavy (non-hydrogen) atoms. The molecule has 0 spiro atoms. The average molecular weight is 315 g/mol. The minimum atomic E-state index is -0.962. The minimum Gasteiger partial charge on any atom is -0.416 e. The molecule has 96 valence electrons. The van der Waals surface area contributed by atoms with Gasteiger partial charge in [0.1, 0.15) is 0 Å². The van der Waals surface area contributed by atoms with Crippen LogP contribution in [0, 0.1) is 0 Å². The summed E-state index contributed by atoms with van der Waals surface area (Å²) in [5.41, 5.74) is 4.31. The van der Waals surface area contributed by atoms with Crippen LogP contribution >= 0.6 is 15.9 Å². The Balaban J connectivity index is 3.12. The smallest absolute Gasteiger partial charge is 0.171 e. The van der Waals surface area contributed by atoms with Gasteiger partial charge in [-0.2, -0.15) is 0 Å². The van der Waals surface area contributed by atoms with E-state index in [2.05, 4.69) is 68.0 Å². The monoisotopic (exact) mass is 314 g/mol. The molecule has 0 unspecified atom stereocenters. The van der Waals surface area contributed by atoms with Gasteiger partial charge in [-0.1, -0.05) is 54.9 Å². The van der Waals surface area contributed by atoms with Crippen LogP contribution < -0.4 is 0 Å². The topological polar surface area (TPSA) is 9.23 Å². The van der Waals surface area contributed by atoms with Gasteiger partial charge in [0.15, 0.2) is 9.04 Å². The van der Waals surface area contributed by atoms with Crippen molar-refractivity contribution < 1.29 is 4.43 Å². The maximum absolute atomic E-state index is 5.92. The van der Waals surface area contributed by atoms with Crippen LogP contribution in [-0.4, -0.2) is 9.04 Å². The van der Waals surface area contributed by atoms with Crippen LogP contribution in [0.4, 0.5) is 0 Å². The summed E-state index contributed by atoms with van der Waals surface area (Å²) in [5.74, 6) is 0. The summed E-state index contributed by atoms with van der Waals surface area (Å²) in [6.45, 7) is 12.0. The number of halogens is 1. The van der Waals surface area contributed by atoms with Crippen molar-refractivity contribution in [2.45, 2.75) is 51.2 Å². The molecule has 1 aromatic carbocycles. The molecule has 0 aliphatic heterocycles. The van der Waals surface area contributed by atoms with Gasteiger partial charge >= 0.3 is 0 Å². The van der Waals surface area contributed by atoms with E-state index in [0.717, 1.165) is 11.9 Å². The normalized spacial score (nSPS) is 12.2. The second kappa shape index (κ2) is 6.16. The van der Waals surface area contributed by atoms with Gasteiger partial charge in [0, 0.05) is 5.33 Å². The SMILES string of the molecule is C[SiH](C)OCc1c(CBr)cccc1C(C)(C)C. The second-order valence-electron chi connectivity index (χ2n) is 5.69. The Morgan fingerprint density at radius 3 is 2.35 bits per heavy atom. The van der Waals surface area contributed by atoms with Gasteiger partial charge in [-0.15, -0.1) is 0 Å². The third-order valence-electron chi connectivity index (χ3n) is 2.79. The summed E-state index contributed by atoms with van der Waals surface area (Å²) in [6.07, 6.45) is 0. The van der Waals surface area contributed by atoms with E-state index in [1.165, 1.54) is 16.7 Å². The first-order valence-electron chi connectivity index (χ1n) is 6.15. The first-order chi connectivity index (χ1) is 7.86. The fourth-order valence-electron chi connectivity index (χ4n) is 1.88. The lowest BCUT2D eigenvalue weighted by Crippen LogP contribution is -2.18. The first kappa shape index (κ1) is 14.9. The summed E-state index contributed by atoms with van der Waals surface area (Å²) < 4.78 is 5.92. The first-order valence-corrected chi connectivity index (χ1v) is 10.0. The van der Waals surface area contributed by atoms with Gasteiger partial charge < -0.3 is 4.43 Å². The standard InChI is InChI=1S/C14H23BrOSi/c1-14(2,3)13-8-6-7-11(9-15)12(13)10-16-17(4)5/h6-8,17H,9-10H2,1-5H3. The van der Waals surface area contributed by atoms with Crippen molar-refractivity contribution in [3.63, 3.8) is 0 Å². The zero-order chi connectivity index (χ0) is 13.1. The molecule has 0 aliphatic carbocycles. The molecule has 0 aliphatic rings. The van der Waals surface area contributed by atoms with E-state index in [1.807, 2.05) is 0 Å². The number of rotatable bonds is 4. The largest absolute Gasteiger partial charge is 0.416 e. The summed E-state index contributed by atoms with van der Waals surface area (Å²) in [4.78, 5) is 0. The molecular weight excluding hydrogens is 292 g/mol. The van der Waals surface area contributed by atoms with Gasteiger partial charge in [-0.3, -0.25) is 0 Å². The summed E-state index contributed by atoms with van der Waals surface area (Å²) in [7, 11) is -0.962. The molecule has 0 saturated carbocycles. The van der Waals surface area contributed by atoms with Crippen LogP contribution in [-0.2, 0) is 21.8 Å². The Kier molecular flexibility index (Phi) is 5.42. The highest BCUT2D eigenvalue weighted by molar-refractivity contribution is 9.08. The van der Waals surface area contributed by atoms with Crippen molar-refractivity contribution in [1.29, 1.82) is 0 Å². The molecule has 1 aromatic rings. The fraction of sp³-hybridized carbons (Fsp3) is 0.571. The van der Waals surface area contributed by atoms with E-state index in [0.29, 0.717) is 0 Å². The van der Waals surface area contributed by atoms with Crippen LogP contribution in [0.25, 0.3) is 0 Å². The van der Waals surface area contributed by atoms with Crippen molar-refractivity contribution in [1.82, 2.24) is 0 Å². The number of hydrogen-bond donors (Lipinski definition) is 0. The Labute approximate surface area is 115 Å². The fourth-order valence-corrected chi connectivity index (χ4v) is 2.91. The molecule has 0 saturated heterocycles. The third kappa shape index (κ3) is 4.23. The van der Waals surface area contributed by atoms with Gasteiger partial charge in [0.25, 0.3) is 0 Å². The highest BCUT2D eigenvalue weighted by atomic mass is 79.9. The zero-order valence-corrected chi connectivity index (χ0v) is 14.3. The molecule has 1 nitrogen and oxygen atoms in total. The number of benzene rings is 1. The van der Waals surface area contributed by atoms with Gasteiger partial charge in [0.2, 0.25) is 0 Å². The third-order valence-corrected chi connectivity index (χ3v) is 4.22. The Morgan fingerprint density at radius 2 is 1.88 bits per heavy atom. The maximum atomic E-state index is 5.92. The van der Waals surface area contributed by atoms with E-state index in [1.54, 1.807) is 0 Å². The quantitative estimate of drug-likeness (QED) is 0.592. The van der Waals surface area contributed by atoms with Crippen molar-refractivity contribution in [2.24, 2.45) is 0 Å². The van der Waals surface area contributed by atoms with Gasteiger partial charge in [-0.05, 0) is 35.2 Å². The average Bonchev–Trinajstić information content (AvgIpc) is 2.24. The molecule has 0 radical (unpaired) electrons. The molecule has 0 heterocycles. The second-order valence-corrected chi connectivity index (χ2v) is 8.68. The zero-order valence-electron chi connectivity index (χ0n) is 11.5. The molecule has 0 amide bonds.